The summed E-state index contributed by atoms with van der Waals surface area (Å²) in [6, 6.07) is 10.6. The normalized spacial score (nSPS) is 23.1. The molecule has 0 aromatic heterocycles. The van der Waals surface area contributed by atoms with Gasteiger partial charge in [-0.25, -0.2) is 0 Å². The molecule has 2 unspecified atom stereocenters. The number of anilines is 1. The first kappa shape index (κ1) is 19.3. The van der Waals surface area contributed by atoms with Crippen LogP contribution in [0.3, 0.4) is 0 Å². The smallest absolute Gasteiger partial charge is 0.224 e. The molecule has 1 N–H and O–H groups in total. The number of benzene rings is 1. The van der Waals surface area contributed by atoms with E-state index in [9.17, 15) is 4.79 Å². The molecular formula is C23H36N2O. The van der Waals surface area contributed by atoms with E-state index in [0.717, 1.165) is 30.5 Å². The van der Waals surface area contributed by atoms with Gasteiger partial charge in [0.2, 0.25) is 5.91 Å². The van der Waals surface area contributed by atoms with Crippen molar-refractivity contribution in [2.45, 2.75) is 103 Å². The number of rotatable bonds is 9. The topological polar surface area (TPSA) is 32.3 Å². The van der Waals surface area contributed by atoms with E-state index in [2.05, 4.69) is 48.3 Å². The summed E-state index contributed by atoms with van der Waals surface area (Å²) in [6.45, 7) is 4.39. The maximum absolute atomic E-state index is 12.4. The number of nitrogens with zero attached hydrogens (tertiary/aromatic N) is 1. The predicted molar refractivity (Wildman–Crippen MR) is 110 cm³/mol. The summed E-state index contributed by atoms with van der Waals surface area (Å²) < 4.78 is 0. The van der Waals surface area contributed by atoms with Crippen LogP contribution in [0.5, 0.6) is 0 Å². The fraction of sp³-hybridized carbons (Fsp3) is 0.696. The number of hydrogen-bond donors (Lipinski definition) is 1. The van der Waals surface area contributed by atoms with Crippen molar-refractivity contribution in [2.75, 3.05) is 4.90 Å². The van der Waals surface area contributed by atoms with E-state index in [-0.39, 0.29) is 5.91 Å². The zero-order chi connectivity index (χ0) is 18.4. The lowest BCUT2D eigenvalue weighted by Gasteiger charge is -2.36. The largest absolute Gasteiger partial charge is 0.366 e. The number of amides is 1. The van der Waals surface area contributed by atoms with Gasteiger partial charge in [-0.15, -0.1) is 0 Å². The molecule has 0 radical (unpaired) electrons. The van der Waals surface area contributed by atoms with Crippen molar-refractivity contribution in [1.82, 2.24) is 5.32 Å². The van der Waals surface area contributed by atoms with Gasteiger partial charge in [0.25, 0.3) is 0 Å². The molecule has 3 heteroatoms. The van der Waals surface area contributed by atoms with Crippen LogP contribution in [0.4, 0.5) is 5.69 Å². The molecule has 0 saturated carbocycles. The van der Waals surface area contributed by atoms with Crippen molar-refractivity contribution in [1.29, 1.82) is 0 Å². The van der Waals surface area contributed by atoms with Gasteiger partial charge in [-0.2, -0.15) is 0 Å². The Balaban J connectivity index is 1.51. The summed E-state index contributed by atoms with van der Waals surface area (Å²) in [5.41, 5.74) is 2.48. The molecule has 0 aliphatic carbocycles. The van der Waals surface area contributed by atoms with E-state index in [1.165, 1.54) is 57.1 Å². The monoisotopic (exact) mass is 356 g/mol. The Bertz CT molecular complexity index is 552. The van der Waals surface area contributed by atoms with Crippen LogP contribution in [0.15, 0.2) is 24.3 Å². The van der Waals surface area contributed by atoms with Crippen molar-refractivity contribution >= 4 is 11.6 Å². The number of hydrogen-bond acceptors (Lipinski definition) is 2. The van der Waals surface area contributed by atoms with Gasteiger partial charge in [-0.1, -0.05) is 45.2 Å². The van der Waals surface area contributed by atoms with Crippen LogP contribution in [0.1, 0.15) is 83.6 Å². The molecule has 3 rings (SSSR count). The zero-order valence-electron chi connectivity index (χ0n) is 16.7. The first-order valence-electron chi connectivity index (χ1n) is 10.9. The summed E-state index contributed by atoms with van der Waals surface area (Å²) in [5.74, 6) is 0.166. The quantitative estimate of drug-likeness (QED) is 0.615. The number of unbranched alkanes of at least 4 members (excludes halogenated alkanes) is 2. The van der Waals surface area contributed by atoms with Gasteiger partial charge in [-0.05, 0) is 62.6 Å². The summed E-state index contributed by atoms with van der Waals surface area (Å²) in [4.78, 5) is 15.0. The SMILES string of the molecule is CCCCC[C@H](CC)NC(=O)Cc1ccc(N2C3CCCC2CC3)cc1. The Labute approximate surface area is 159 Å². The van der Waals surface area contributed by atoms with Crippen molar-refractivity contribution < 1.29 is 4.79 Å². The average molecular weight is 357 g/mol. The fourth-order valence-corrected chi connectivity index (χ4v) is 4.81. The summed E-state index contributed by atoms with van der Waals surface area (Å²) >= 11 is 0. The number of carbonyl (C=O) groups is 1. The Morgan fingerprint density at radius 3 is 2.38 bits per heavy atom. The number of nitrogens with one attached hydrogen (secondary N) is 1. The van der Waals surface area contributed by atoms with E-state index >= 15 is 0 Å². The van der Waals surface area contributed by atoms with Crippen LogP contribution in [0.25, 0.3) is 0 Å². The van der Waals surface area contributed by atoms with Gasteiger partial charge in [0.15, 0.2) is 0 Å². The van der Waals surface area contributed by atoms with Crippen molar-refractivity contribution in [2.24, 2.45) is 0 Å². The highest BCUT2D eigenvalue weighted by molar-refractivity contribution is 5.79. The van der Waals surface area contributed by atoms with E-state index in [0.29, 0.717) is 12.5 Å². The molecule has 1 aromatic rings. The first-order chi connectivity index (χ1) is 12.7. The van der Waals surface area contributed by atoms with Gasteiger partial charge in [0.1, 0.15) is 0 Å². The minimum Gasteiger partial charge on any atom is -0.366 e. The lowest BCUT2D eigenvalue weighted by atomic mass is 10.0. The van der Waals surface area contributed by atoms with Gasteiger partial charge < -0.3 is 10.2 Å². The van der Waals surface area contributed by atoms with Crippen molar-refractivity contribution in [3.05, 3.63) is 29.8 Å². The molecule has 2 bridgehead atoms. The molecule has 3 atom stereocenters. The predicted octanol–water partition coefficient (Wildman–Crippen LogP) is 5.23. The standard InChI is InChI=1S/C23H36N2O/c1-3-5-6-8-19(4-2)24-23(26)17-18-11-13-22(14-12-18)25-20-9-7-10-21(25)16-15-20/h11-14,19-21H,3-10,15-17H2,1-2H3,(H,24,26)/t19-,20?,21?/m0/s1. The van der Waals surface area contributed by atoms with Crippen LogP contribution in [-0.2, 0) is 11.2 Å². The molecule has 26 heavy (non-hydrogen) atoms. The molecule has 1 aromatic carbocycles. The molecule has 0 spiro atoms. The second-order valence-electron chi connectivity index (χ2n) is 8.23. The number of fused-ring (bicyclic) bond motifs is 2. The summed E-state index contributed by atoms with van der Waals surface area (Å²) in [6.07, 6.45) is 13.1. The van der Waals surface area contributed by atoms with E-state index in [1.54, 1.807) is 0 Å². The molecule has 144 valence electrons. The zero-order valence-corrected chi connectivity index (χ0v) is 16.7. The highest BCUT2D eigenvalue weighted by atomic mass is 16.1. The summed E-state index contributed by atoms with van der Waals surface area (Å²) in [5, 5.41) is 3.23. The van der Waals surface area contributed by atoms with Crippen molar-refractivity contribution in [3.8, 4) is 0 Å². The lowest BCUT2D eigenvalue weighted by molar-refractivity contribution is -0.121. The van der Waals surface area contributed by atoms with Gasteiger partial charge >= 0.3 is 0 Å². The van der Waals surface area contributed by atoms with Crippen LogP contribution < -0.4 is 10.2 Å². The molecule has 2 fully saturated rings. The minimum absolute atomic E-state index is 0.166. The Hall–Kier alpha value is -1.51. The average Bonchev–Trinajstić information content (AvgIpc) is 2.90. The van der Waals surface area contributed by atoms with E-state index in [4.69, 9.17) is 0 Å². The first-order valence-corrected chi connectivity index (χ1v) is 10.9. The molecule has 2 aliphatic heterocycles. The molecule has 2 aliphatic rings. The van der Waals surface area contributed by atoms with Gasteiger partial charge in [0, 0.05) is 23.8 Å². The Kier molecular flexibility index (Phi) is 6.99. The maximum atomic E-state index is 12.4. The Morgan fingerprint density at radius 1 is 1.08 bits per heavy atom. The Morgan fingerprint density at radius 2 is 1.77 bits per heavy atom. The van der Waals surface area contributed by atoms with Crippen molar-refractivity contribution in [3.63, 3.8) is 0 Å². The second kappa shape index (κ2) is 9.43. The second-order valence-corrected chi connectivity index (χ2v) is 8.23. The molecular weight excluding hydrogens is 320 g/mol. The lowest BCUT2D eigenvalue weighted by Crippen LogP contribution is -2.39. The van der Waals surface area contributed by atoms with Crippen LogP contribution in [0, 0.1) is 0 Å². The third-order valence-electron chi connectivity index (χ3n) is 6.31. The highest BCUT2D eigenvalue weighted by Gasteiger charge is 2.36. The minimum atomic E-state index is 0.166. The molecule has 3 nitrogen and oxygen atoms in total. The number of piperidine rings is 1. The third-order valence-corrected chi connectivity index (χ3v) is 6.31. The molecule has 2 saturated heterocycles. The maximum Gasteiger partial charge on any atom is 0.224 e. The van der Waals surface area contributed by atoms with E-state index in [1.807, 2.05) is 0 Å². The third kappa shape index (κ3) is 4.81. The van der Waals surface area contributed by atoms with E-state index < -0.39 is 0 Å². The summed E-state index contributed by atoms with van der Waals surface area (Å²) in [7, 11) is 0. The molecule has 1 amide bonds. The van der Waals surface area contributed by atoms with Crippen LogP contribution in [-0.4, -0.2) is 24.0 Å². The fourth-order valence-electron chi connectivity index (χ4n) is 4.81. The van der Waals surface area contributed by atoms with Gasteiger partial charge in [-0.3, -0.25) is 4.79 Å². The number of carbonyl (C=O) groups excluding carboxylic acids is 1. The highest BCUT2D eigenvalue weighted by Crippen LogP contribution is 2.39. The van der Waals surface area contributed by atoms with Crippen LogP contribution in [0.2, 0.25) is 0 Å². The van der Waals surface area contributed by atoms with Gasteiger partial charge in [0.05, 0.1) is 6.42 Å². The molecule has 2 heterocycles. The van der Waals surface area contributed by atoms with Crippen LogP contribution >= 0.6 is 0 Å².